The van der Waals surface area contributed by atoms with Crippen LogP contribution < -0.4 is 0 Å². The standard InChI is InChI=1S/C14H26BrNO4/c1-13(2,3)9(11(17)18)16(8-7-15)10(12(19)20)14(4,5)6/h9-10H,7-8H2,1-6H3,(H,17,18)(H,19,20). The first kappa shape index (κ1) is 19.4. The van der Waals surface area contributed by atoms with Gasteiger partial charge in [-0.25, -0.2) is 0 Å². The Balaban J connectivity index is 5.81. The second kappa shape index (κ2) is 6.89. The van der Waals surface area contributed by atoms with E-state index in [0.29, 0.717) is 11.9 Å². The van der Waals surface area contributed by atoms with E-state index in [1.54, 1.807) is 4.90 Å². The predicted molar refractivity (Wildman–Crippen MR) is 82.3 cm³/mol. The summed E-state index contributed by atoms with van der Waals surface area (Å²) in [7, 11) is 0. The van der Waals surface area contributed by atoms with Gasteiger partial charge in [-0.1, -0.05) is 57.5 Å². The maximum absolute atomic E-state index is 11.7. The van der Waals surface area contributed by atoms with Crippen molar-refractivity contribution < 1.29 is 19.8 Å². The third kappa shape index (κ3) is 5.05. The predicted octanol–water partition coefficient (Wildman–Crippen LogP) is 2.68. The van der Waals surface area contributed by atoms with Crippen molar-refractivity contribution in [3.05, 3.63) is 0 Å². The molecule has 0 aromatic heterocycles. The summed E-state index contributed by atoms with van der Waals surface area (Å²) in [6.45, 7) is 11.2. The van der Waals surface area contributed by atoms with Crippen LogP contribution in [0.4, 0.5) is 0 Å². The molecule has 0 saturated carbocycles. The van der Waals surface area contributed by atoms with Crippen LogP contribution in [0.25, 0.3) is 0 Å². The van der Waals surface area contributed by atoms with Crippen LogP contribution in [0.1, 0.15) is 41.5 Å². The molecular formula is C14H26BrNO4. The Hall–Kier alpha value is -0.620. The summed E-state index contributed by atoms with van der Waals surface area (Å²) in [5.41, 5.74) is -1.13. The molecule has 20 heavy (non-hydrogen) atoms. The number of halogens is 1. The molecule has 0 fully saturated rings. The fourth-order valence-corrected chi connectivity index (χ4v) is 2.93. The van der Waals surface area contributed by atoms with Crippen LogP contribution >= 0.6 is 15.9 Å². The van der Waals surface area contributed by atoms with Gasteiger partial charge < -0.3 is 10.2 Å². The van der Waals surface area contributed by atoms with Gasteiger partial charge in [0, 0.05) is 11.9 Å². The van der Waals surface area contributed by atoms with E-state index in [1.165, 1.54) is 0 Å². The summed E-state index contributed by atoms with van der Waals surface area (Å²) in [5.74, 6) is -1.98. The summed E-state index contributed by atoms with van der Waals surface area (Å²) in [6.07, 6.45) is 0. The lowest BCUT2D eigenvalue weighted by atomic mass is 9.80. The van der Waals surface area contributed by atoms with Gasteiger partial charge in [-0.2, -0.15) is 0 Å². The van der Waals surface area contributed by atoms with E-state index >= 15 is 0 Å². The lowest BCUT2D eigenvalue weighted by Crippen LogP contribution is -2.60. The molecule has 0 aliphatic carbocycles. The van der Waals surface area contributed by atoms with Gasteiger partial charge in [-0.05, 0) is 10.8 Å². The number of hydrogen-bond acceptors (Lipinski definition) is 3. The van der Waals surface area contributed by atoms with E-state index in [1.807, 2.05) is 41.5 Å². The van der Waals surface area contributed by atoms with E-state index in [0.717, 1.165) is 0 Å². The second-order valence-electron chi connectivity index (χ2n) is 7.14. The molecule has 0 aromatic carbocycles. The van der Waals surface area contributed by atoms with E-state index in [9.17, 15) is 19.8 Å². The first-order valence-corrected chi connectivity index (χ1v) is 7.73. The Labute approximate surface area is 129 Å². The summed E-state index contributed by atoms with van der Waals surface area (Å²) < 4.78 is 0. The highest BCUT2D eigenvalue weighted by Gasteiger charge is 2.45. The quantitative estimate of drug-likeness (QED) is 0.719. The van der Waals surface area contributed by atoms with Crippen LogP contribution in [0.15, 0.2) is 0 Å². The maximum Gasteiger partial charge on any atom is 0.321 e. The average Bonchev–Trinajstić information content (AvgIpc) is 2.11. The normalized spacial score (nSPS) is 16.0. The summed E-state index contributed by atoms with van der Waals surface area (Å²) in [6, 6.07) is -1.72. The fourth-order valence-electron chi connectivity index (χ4n) is 2.52. The number of rotatable bonds is 6. The average molecular weight is 352 g/mol. The molecule has 0 heterocycles. The number of carboxylic acids is 2. The molecule has 2 atom stereocenters. The highest BCUT2D eigenvalue weighted by atomic mass is 79.9. The summed E-state index contributed by atoms with van der Waals surface area (Å²) >= 11 is 3.29. The Bertz CT molecular complexity index is 325. The topological polar surface area (TPSA) is 77.8 Å². The minimum Gasteiger partial charge on any atom is -0.480 e. The molecule has 0 amide bonds. The van der Waals surface area contributed by atoms with Crippen LogP contribution in [0.5, 0.6) is 0 Å². The van der Waals surface area contributed by atoms with Gasteiger partial charge in [-0.15, -0.1) is 0 Å². The molecule has 0 radical (unpaired) electrons. The number of carboxylic acid groups (broad SMARTS) is 2. The highest BCUT2D eigenvalue weighted by Crippen LogP contribution is 2.32. The van der Waals surface area contributed by atoms with Crippen LogP contribution in [-0.4, -0.2) is 51.0 Å². The van der Waals surface area contributed by atoms with Crippen LogP contribution in [-0.2, 0) is 9.59 Å². The Morgan fingerprint density at radius 1 is 0.950 bits per heavy atom. The molecule has 2 N–H and O–H groups in total. The van der Waals surface area contributed by atoms with Crippen molar-refractivity contribution in [2.24, 2.45) is 10.8 Å². The van der Waals surface area contributed by atoms with E-state index in [-0.39, 0.29) is 0 Å². The Kier molecular flexibility index (Phi) is 6.68. The summed E-state index contributed by atoms with van der Waals surface area (Å²) in [4.78, 5) is 24.9. The van der Waals surface area contributed by atoms with Crippen molar-refractivity contribution in [2.75, 3.05) is 11.9 Å². The number of aliphatic carboxylic acids is 2. The smallest absolute Gasteiger partial charge is 0.321 e. The molecule has 6 heteroatoms. The van der Waals surface area contributed by atoms with Gasteiger partial charge >= 0.3 is 11.9 Å². The minimum atomic E-state index is -0.992. The number of alkyl halides is 1. The number of carbonyl (C=O) groups is 2. The van der Waals surface area contributed by atoms with E-state index in [4.69, 9.17) is 0 Å². The molecule has 0 aliphatic rings. The molecule has 0 aliphatic heterocycles. The van der Waals surface area contributed by atoms with Gasteiger partial charge in [0.2, 0.25) is 0 Å². The maximum atomic E-state index is 11.7. The van der Waals surface area contributed by atoms with Gasteiger partial charge in [0.05, 0.1) is 0 Å². The number of hydrogen-bond donors (Lipinski definition) is 2. The van der Waals surface area contributed by atoms with Crippen molar-refractivity contribution in [3.8, 4) is 0 Å². The molecule has 0 saturated heterocycles. The van der Waals surface area contributed by atoms with Gasteiger partial charge in [0.25, 0.3) is 0 Å². The fraction of sp³-hybridized carbons (Fsp3) is 0.857. The third-order valence-electron chi connectivity index (χ3n) is 3.11. The van der Waals surface area contributed by atoms with Crippen LogP contribution in [0.3, 0.4) is 0 Å². The molecule has 0 aromatic rings. The first-order chi connectivity index (χ1) is 8.84. The van der Waals surface area contributed by atoms with Crippen molar-refractivity contribution in [1.29, 1.82) is 0 Å². The third-order valence-corrected chi connectivity index (χ3v) is 3.47. The molecular weight excluding hydrogens is 326 g/mol. The zero-order valence-electron chi connectivity index (χ0n) is 13.1. The SMILES string of the molecule is CC(C)(C)C(C(=O)O)N(CCBr)C(C(=O)O)C(C)(C)C. The van der Waals surface area contributed by atoms with Crippen LogP contribution in [0, 0.1) is 10.8 Å². The Morgan fingerprint density at radius 2 is 1.25 bits per heavy atom. The Morgan fingerprint density at radius 3 is 1.40 bits per heavy atom. The van der Waals surface area contributed by atoms with Crippen molar-refractivity contribution in [1.82, 2.24) is 4.90 Å². The van der Waals surface area contributed by atoms with E-state index in [2.05, 4.69) is 15.9 Å². The molecule has 2 unspecified atom stereocenters. The van der Waals surface area contributed by atoms with Crippen molar-refractivity contribution in [3.63, 3.8) is 0 Å². The molecule has 0 spiro atoms. The van der Waals surface area contributed by atoms with E-state index < -0.39 is 34.9 Å². The van der Waals surface area contributed by atoms with Crippen LogP contribution in [0.2, 0.25) is 0 Å². The molecule has 118 valence electrons. The van der Waals surface area contributed by atoms with Crippen molar-refractivity contribution >= 4 is 27.9 Å². The first-order valence-electron chi connectivity index (χ1n) is 6.61. The van der Waals surface area contributed by atoms with Gasteiger partial charge in [0.1, 0.15) is 12.1 Å². The zero-order chi connectivity index (χ0) is 16.3. The molecule has 5 nitrogen and oxygen atoms in total. The van der Waals surface area contributed by atoms with Gasteiger partial charge in [-0.3, -0.25) is 14.5 Å². The molecule has 0 rings (SSSR count). The minimum absolute atomic E-state index is 0.364. The lowest BCUT2D eigenvalue weighted by Gasteiger charge is -2.44. The highest BCUT2D eigenvalue weighted by molar-refractivity contribution is 9.09. The largest absolute Gasteiger partial charge is 0.480 e. The zero-order valence-corrected chi connectivity index (χ0v) is 14.7. The van der Waals surface area contributed by atoms with Crippen molar-refractivity contribution in [2.45, 2.75) is 53.6 Å². The molecule has 0 bridgehead atoms. The monoisotopic (exact) mass is 351 g/mol. The second-order valence-corrected chi connectivity index (χ2v) is 7.93. The number of nitrogens with zero attached hydrogens (tertiary/aromatic N) is 1. The summed E-state index contributed by atoms with van der Waals surface area (Å²) in [5, 5.41) is 19.6. The lowest BCUT2D eigenvalue weighted by molar-refractivity contribution is -0.159. The van der Waals surface area contributed by atoms with Gasteiger partial charge in [0.15, 0.2) is 0 Å².